The van der Waals surface area contributed by atoms with Crippen molar-refractivity contribution in [1.29, 1.82) is 0 Å². The molecule has 0 spiro atoms. The number of nitrogen functional groups attached to an aromatic ring is 1. The van der Waals surface area contributed by atoms with Gasteiger partial charge in [0.15, 0.2) is 0 Å². The molecular weight excluding hydrogens is 364 g/mol. The van der Waals surface area contributed by atoms with Crippen molar-refractivity contribution in [3.05, 3.63) is 95.8 Å². The number of aromatic nitrogens is 1. The summed E-state index contributed by atoms with van der Waals surface area (Å²) in [5.74, 6) is -0.415. The molecule has 0 saturated heterocycles. The van der Waals surface area contributed by atoms with Crippen LogP contribution in [-0.2, 0) is 11.2 Å². The predicted octanol–water partition coefficient (Wildman–Crippen LogP) is 3.29. The van der Waals surface area contributed by atoms with Crippen LogP contribution in [0.15, 0.2) is 79.1 Å². The first kappa shape index (κ1) is 19.8. The van der Waals surface area contributed by atoms with Crippen LogP contribution in [-0.4, -0.2) is 23.3 Å². The summed E-state index contributed by atoms with van der Waals surface area (Å²) >= 11 is 0. The molecule has 2 amide bonds. The van der Waals surface area contributed by atoms with E-state index in [9.17, 15) is 9.59 Å². The van der Waals surface area contributed by atoms with Gasteiger partial charge in [0.1, 0.15) is 0 Å². The number of nitrogens with zero attached hydrogens (tertiary/aromatic N) is 1. The van der Waals surface area contributed by atoms with Gasteiger partial charge >= 0.3 is 0 Å². The van der Waals surface area contributed by atoms with Crippen molar-refractivity contribution in [3.63, 3.8) is 0 Å². The molecule has 0 aliphatic rings. The molecule has 0 radical (unpaired) electrons. The van der Waals surface area contributed by atoms with Gasteiger partial charge in [-0.3, -0.25) is 14.6 Å². The quantitative estimate of drug-likeness (QED) is 0.429. The van der Waals surface area contributed by atoms with E-state index in [4.69, 9.17) is 5.73 Å². The first-order valence-electron chi connectivity index (χ1n) is 9.22. The van der Waals surface area contributed by atoms with E-state index in [-0.39, 0.29) is 11.8 Å². The molecule has 3 aromatic rings. The Morgan fingerprint density at radius 2 is 1.79 bits per heavy atom. The Hall–Kier alpha value is -3.93. The highest BCUT2D eigenvalue weighted by atomic mass is 16.2. The summed E-state index contributed by atoms with van der Waals surface area (Å²) in [4.78, 5) is 28.3. The van der Waals surface area contributed by atoms with Crippen LogP contribution >= 0.6 is 0 Å². The minimum atomic E-state index is -0.244. The highest BCUT2D eigenvalue weighted by Crippen LogP contribution is 2.18. The molecule has 0 aliphatic heterocycles. The molecule has 146 valence electrons. The first-order chi connectivity index (χ1) is 14.1. The summed E-state index contributed by atoms with van der Waals surface area (Å²) in [7, 11) is 0. The number of nitrogens with one attached hydrogen (secondary N) is 2. The zero-order valence-electron chi connectivity index (χ0n) is 15.8. The van der Waals surface area contributed by atoms with Crippen molar-refractivity contribution in [1.82, 2.24) is 10.3 Å². The van der Waals surface area contributed by atoms with Crippen LogP contribution in [0.3, 0.4) is 0 Å². The largest absolute Gasteiger partial charge is 0.397 e. The van der Waals surface area contributed by atoms with Crippen LogP contribution in [0.5, 0.6) is 0 Å². The smallest absolute Gasteiger partial charge is 0.255 e. The van der Waals surface area contributed by atoms with Crippen molar-refractivity contribution in [3.8, 4) is 0 Å². The minimum Gasteiger partial charge on any atom is -0.397 e. The number of para-hydroxylation sites is 2. The van der Waals surface area contributed by atoms with Crippen LogP contribution in [0.1, 0.15) is 21.5 Å². The lowest BCUT2D eigenvalue weighted by molar-refractivity contribution is -0.116. The molecule has 0 fully saturated rings. The molecule has 0 unspecified atom stereocenters. The Bertz CT molecular complexity index is 999. The molecule has 0 saturated carbocycles. The van der Waals surface area contributed by atoms with Gasteiger partial charge in [0.25, 0.3) is 5.91 Å². The molecule has 1 aromatic heterocycles. The third kappa shape index (κ3) is 6.04. The van der Waals surface area contributed by atoms with Crippen LogP contribution in [0.2, 0.25) is 0 Å². The fraction of sp³-hybridized carbons (Fsp3) is 0.0870. The van der Waals surface area contributed by atoms with Crippen molar-refractivity contribution in [2.24, 2.45) is 0 Å². The molecule has 1 heterocycles. The van der Waals surface area contributed by atoms with Gasteiger partial charge in [0, 0.05) is 30.6 Å². The fourth-order valence-electron chi connectivity index (χ4n) is 2.66. The molecule has 4 N–H and O–H groups in total. The molecular formula is C23H22N4O2. The van der Waals surface area contributed by atoms with Crippen molar-refractivity contribution >= 4 is 29.3 Å². The summed E-state index contributed by atoms with van der Waals surface area (Å²) in [6, 6.07) is 17.9. The Morgan fingerprint density at radius 1 is 1.00 bits per heavy atom. The van der Waals surface area contributed by atoms with E-state index in [1.54, 1.807) is 60.9 Å². The predicted molar refractivity (Wildman–Crippen MR) is 115 cm³/mol. The number of nitrogens with two attached hydrogens (primary N) is 1. The average Bonchev–Trinajstić information content (AvgIpc) is 2.75. The van der Waals surface area contributed by atoms with Gasteiger partial charge in [-0.25, -0.2) is 0 Å². The summed E-state index contributed by atoms with van der Waals surface area (Å²) < 4.78 is 0. The van der Waals surface area contributed by atoms with E-state index >= 15 is 0 Å². The number of amides is 2. The summed E-state index contributed by atoms with van der Waals surface area (Å²) in [5, 5.41) is 5.62. The number of hydrogen-bond acceptors (Lipinski definition) is 4. The number of pyridine rings is 1. The Morgan fingerprint density at radius 3 is 2.52 bits per heavy atom. The van der Waals surface area contributed by atoms with E-state index < -0.39 is 0 Å². The lowest BCUT2D eigenvalue weighted by Crippen LogP contribution is -2.23. The zero-order valence-corrected chi connectivity index (χ0v) is 15.8. The monoisotopic (exact) mass is 386 g/mol. The maximum absolute atomic E-state index is 12.3. The number of rotatable bonds is 7. The van der Waals surface area contributed by atoms with Crippen LogP contribution in [0.25, 0.3) is 6.08 Å². The lowest BCUT2D eigenvalue weighted by atomic mass is 10.1. The van der Waals surface area contributed by atoms with Gasteiger partial charge in [0.05, 0.1) is 11.4 Å². The average molecular weight is 386 g/mol. The van der Waals surface area contributed by atoms with Crippen LogP contribution in [0.4, 0.5) is 11.4 Å². The second kappa shape index (κ2) is 9.85. The molecule has 29 heavy (non-hydrogen) atoms. The van der Waals surface area contributed by atoms with Gasteiger partial charge in [-0.1, -0.05) is 30.3 Å². The molecule has 6 nitrogen and oxygen atoms in total. The Kier molecular flexibility index (Phi) is 6.73. The second-order valence-corrected chi connectivity index (χ2v) is 6.40. The minimum absolute atomic E-state index is 0.171. The van der Waals surface area contributed by atoms with Gasteiger partial charge in [-0.05, 0) is 54.0 Å². The topological polar surface area (TPSA) is 97.1 Å². The van der Waals surface area contributed by atoms with Gasteiger partial charge in [0.2, 0.25) is 5.91 Å². The highest BCUT2D eigenvalue weighted by molar-refractivity contribution is 6.05. The normalized spacial score (nSPS) is 10.6. The van der Waals surface area contributed by atoms with E-state index in [1.807, 2.05) is 18.2 Å². The van der Waals surface area contributed by atoms with E-state index in [0.717, 1.165) is 17.5 Å². The van der Waals surface area contributed by atoms with Crippen molar-refractivity contribution < 1.29 is 9.59 Å². The Balaban J connectivity index is 1.49. The summed E-state index contributed by atoms with van der Waals surface area (Å²) in [6.45, 7) is 0.538. The van der Waals surface area contributed by atoms with Gasteiger partial charge in [-0.2, -0.15) is 0 Å². The Labute approximate surface area is 169 Å². The lowest BCUT2D eigenvalue weighted by Gasteiger charge is -2.08. The molecule has 2 aromatic carbocycles. The molecule has 0 atom stereocenters. The summed E-state index contributed by atoms with van der Waals surface area (Å²) in [5.41, 5.74) is 9.32. The maximum atomic E-state index is 12.3. The number of carbonyl (C=O) groups is 2. The van der Waals surface area contributed by atoms with Crippen LogP contribution in [0, 0.1) is 0 Å². The molecule has 6 heteroatoms. The fourth-order valence-corrected chi connectivity index (χ4v) is 2.66. The first-order valence-corrected chi connectivity index (χ1v) is 9.22. The highest BCUT2D eigenvalue weighted by Gasteiger charge is 2.07. The zero-order chi connectivity index (χ0) is 20.5. The number of carbonyl (C=O) groups excluding carboxylic acids is 2. The molecule has 0 aliphatic carbocycles. The maximum Gasteiger partial charge on any atom is 0.255 e. The molecule has 3 rings (SSSR count). The molecule has 0 bridgehead atoms. The van der Waals surface area contributed by atoms with Gasteiger partial charge < -0.3 is 16.4 Å². The SMILES string of the molecule is Nc1ccccc1NC(=O)c1ccc(C=CC(=O)NCCc2cccnc2)cc1. The third-order valence-electron chi connectivity index (χ3n) is 4.24. The van der Waals surface area contributed by atoms with E-state index in [1.165, 1.54) is 6.08 Å². The van der Waals surface area contributed by atoms with Crippen LogP contribution < -0.4 is 16.4 Å². The van der Waals surface area contributed by atoms with Crippen molar-refractivity contribution in [2.75, 3.05) is 17.6 Å². The second-order valence-electron chi connectivity index (χ2n) is 6.40. The van der Waals surface area contributed by atoms with Crippen molar-refractivity contribution in [2.45, 2.75) is 6.42 Å². The third-order valence-corrected chi connectivity index (χ3v) is 4.24. The number of benzene rings is 2. The van der Waals surface area contributed by atoms with E-state index in [2.05, 4.69) is 15.6 Å². The standard InChI is InChI=1S/C23H22N4O2/c24-20-5-1-2-6-21(20)27-23(29)19-10-7-17(8-11-19)9-12-22(28)26-15-13-18-4-3-14-25-16-18/h1-12,14,16H,13,15,24H2,(H,26,28)(H,27,29). The van der Waals surface area contributed by atoms with Gasteiger partial charge in [-0.15, -0.1) is 0 Å². The number of anilines is 2. The van der Waals surface area contributed by atoms with E-state index in [0.29, 0.717) is 23.5 Å². The number of hydrogen-bond donors (Lipinski definition) is 3. The summed E-state index contributed by atoms with van der Waals surface area (Å²) in [6.07, 6.45) is 7.41.